The average Bonchev–Trinajstić information content (AvgIpc) is 3.03. The summed E-state index contributed by atoms with van der Waals surface area (Å²) in [5.74, 6) is 2.60. The Morgan fingerprint density at radius 1 is 1.21 bits per heavy atom. The Kier molecular flexibility index (Phi) is 5.36. The number of carbonyl (C=O) groups excluding carboxylic acids is 1. The van der Waals surface area contributed by atoms with Crippen LogP contribution in [0.1, 0.15) is 47.7 Å². The highest BCUT2D eigenvalue weighted by atomic mass is 16.3. The van der Waals surface area contributed by atoms with E-state index in [1.807, 2.05) is 49.4 Å². The van der Waals surface area contributed by atoms with Crippen molar-refractivity contribution < 1.29 is 9.21 Å². The van der Waals surface area contributed by atoms with Crippen molar-refractivity contribution in [2.45, 2.75) is 32.7 Å². The molecule has 2 heterocycles. The monoisotopic (exact) mass is 326 g/mol. The van der Waals surface area contributed by atoms with Crippen LogP contribution in [0.5, 0.6) is 0 Å². The van der Waals surface area contributed by atoms with Gasteiger partial charge in [0.2, 0.25) is 0 Å². The summed E-state index contributed by atoms with van der Waals surface area (Å²) in [7, 11) is 0. The second-order valence-electron chi connectivity index (χ2n) is 6.76. The minimum Gasteiger partial charge on any atom is -0.465 e. The molecule has 1 amide bonds. The van der Waals surface area contributed by atoms with Crippen molar-refractivity contribution in [1.29, 1.82) is 0 Å². The Bertz CT molecular complexity index is 657. The molecule has 1 aliphatic heterocycles. The van der Waals surface area contributed by atoms with Crippen LogP contribution in [0, 0.1) is 12.8 Å². The van der Waals surface area contributed by atoms with Gasteiger partial charge in [0.05, 0.1) is 6.04 Å². The number of benzene rings is 1. The van der Waals surface area contributed by atoms with Crippen LogP contribution >= 0.6 is 0 Å². The van der Waals surface area contributed by atoms with E-state index in [-0.39, 0.29) is 11.9 Å². The molecular weight excluding hydrogens is 300 g/mol. The summed E-state index contributed by atoms with van der Waals surface area (Å²) in [6.45, 7) is 6.93. The van der Waals surface area contributed by atoms with Crippen LogP contribution < -0.4 is 5.32 Å². The fourth-order valence-corrected chi connectivity index (χ4v) is 3.26. The van der Waals surface area contributed by atoms with Crippen LogP contribution in [-0.2, 0) is 0 Å². The van der Waals surface area contributed by atoms with Gasteiger partial charge in [0, 0.05) is 12.1 Å². The first-order valence-electron chi connectivity index (χ1n) is 8.77. The summed E-state index contributed by atoms with van der Waals surface area (Å²) < 4.78 is 5.87. The zero-order valence-corrected chi connectivity index (χ0v) is 14.5. The lowest BCUT2D eigenvalue weighted by Gasteiger charge is -2.35. The molecule has 1 aromatic carbocycles. The lowest BCUT2D eigenvalue weighted by molar-refractivity contribution is 0.0895. The predicted molar refractivity (Wildman–Crippen MR) is 94.9 cm³/mol. The molecule has 2 aromatic rings. The molecule has 1 aliphatic rings. The highest BCUT2D eigenvalue weighted by Crippen LogP contribution is 2.27. The molecule has 3 rings (SSSR count). The Labute approximate surface area is 143 Å². The largest absolute Gasteiger partial charge is 0.465 e. The molecule has 1 fully saturated rings. The first kappa shape index (κ1) is 16.8. The third-order valence-corrected chi connectivity index (χ3v) is 4.84. The molecule has 1 atom stereocenters. The van der Waals surface area contributed by atoms with Crippen molar-refractivity contribution in [3.63, 3.8) is 0 Å². The molecule has 128 valence electrons. The number of nitrogens with zero attached hydrogens (tertiary/aromatic N) is 1. The number of piperidine rings is 1. The molecule has 1 saturated heterocycles. The number of rotatable bonds is 5. The maximum Gasteiger partial charge on any atom is 0.251 e. The zero-order chi connectivity index (χ0) is 16.9. The molecule has 24 heavy (non-hydrogen) atoms. The second kappa shape index (κ2) is 7.67. The quantitative estimate of drug-likeness (QED) is 0.909. The van der Waals surface area contributed by atoms with E-state index in [9.17, 15) is 4.79 Å². The Morgan fingerprint density at radius 3 is 2.54 bits per heavy atom. The first-order valence-corrected chi connectivity index (χ1v) is 8.77. The van der Waals surface area contributed by atoms with Gasteiger partial charge in [-0.15, -0.1) is 0 Å². The Balaban J connectivity index is 1.69. The smallest absolute Gasteiger partial charge is 0.251 e. The molecule has 1 aromatic heterocycles. The number of carbonyl (C=O) groups is 1. The molecule has 4 nitrogen and oxygen atoms in total. The van der Waals surface area contributed by atoms with Crippen molar-refractivity contribution >= 4 is 5.91 Å². The molecule has 1 N–H and O–H groups in total. The van der Waals surface area contributed by atoms with Gasteiger partial charge < -0.3 is 9.73 Å². The van der Waals surface area contributed by atoms with Crippen LogP contribution in [-0.4, -0.2) is 30.4 Å². The molecule has 0 spiro atoms. The van der Waals surface area contributed by atoms with E-state index >= 15 is 0 Å². The highest BCUT2D eigenvalue weighted by Gasteiger charge is 2.27. The number of amides is 1. The fourth-order valence-electron chi connectivity index (χ4n) is 3.26. The van der Waals surface area contributed by atoms with Crippen LogP contribution in [0.4, 0.5) is 0 Å². The summed E-state index contributed by atoms with van der Waals surface area (Å²) >= 11 is 0. The number of nitrogens with one attached hydrogen (secondary N) is 1. The van der Waals surface area contributed by atoms with E-state index in [1.165, 1.54) is 12.8 Å². The van der Waals surface area contributed by atoms with Crippen molar-refractivity contribution in [2.75, 3.05) is 19.6 Å². The van der Waals surface area contributed by atoms with Crippen molar-refractivity contribution in [1.82, 2.24) is 10.2 Å². The molecule has 4 heteroatoms. The van der Waals surface area contributed by atoms with E-state index in [0.717, 1.165) is 30.5 Å². The van der Waals surface area contributed by atoms with E-state index in [2.05, 4.69) is 17.1 Å². The van der Waals surface area contributed by atoms with Gasteiger partial charge in [-0.1, -0.05) is 25.1 Å². The number of hydrogen-bond acceptors (Lipinski definition) is 3. The molecule has 0 radical (unpaired) electrons. The number of aryl methyl sites for hydroxylation is 1. The van der Waals surface area contributed by atoms with Gasteiger partial charge in [-0.3, -0.25) is 9.69 Å². The van der Waals surface area contributed by atoms with Gasteiger partial charge in [0.1, 0.15) is 11.5 Å². The van der Waals surface area contributed by atoms with Gasteiger partial charge in [0.25, 0.3) is 5.91 Å². The predicted octanol–water partition coefficient (Wildman–Crippen LogP) is 3.79. The summed E-state index contributed by atoms with van der Waals surface area (Å²) in [6, 6.07) is 13.5. The van der Waals surface area contributed by atoms with Crippen molar-refractivity contribution in [3.05, 3.63) is 59.5 Å². The van der Waals surface area contributed by atoms with Crippen LogP contribution in [0.25, 0.3) is 0 Å². The minimum absolute atomic E-state index is 0.0331. The molecule has 0 aliphatic carbocycles. The van der Waals surface area contributed by atoms with E-state index in [4.69, 9.17) is 4.42 Å². The van der Waals surface area contributed by atoms with Crippen LogP contribution in [0.2, 0.25) is 0 Å². The van der Waals surface area contributed by atoms with E-state index in [0.29, 0.717) is 12.1 Å². The van der Waals surface area contributed by atoms with Crippen molar-refractivity contribution in [2.24, 2.45) is 5.92 Å². The van der Waals surface area contributed by atoms with Gasteiger partial charge >= 0.3 is 0 Å². The maximum absolute atomic E-state index is 12.4. The lowest BCUT2D eigenvalue weighted by Crippen LogP contribution is -2.41. The standard InChI is InChI=1S/C20H26N2O2/c1-15-10-12-22(13-11-15)18(19-9-8-16(2)24-19)14-21-20(23)17-6-4-3-5-7-17/h3-9,15,18H,10-14H2,1-2H3,(H,21,23)/t18-/m0/s1. The van der Waals surface area contributed by atoms with Gasteiger partial charge in [-0.2, -0.15) is 0 Å². The fraction of sp³-hybridized carbons (Fsp3) is 0.450. The van der Waals surface area contributed by atoms with Gasteiger partial charge in [-0.25, -0.2) is 0 Å². The van der Waals surface area contributed by atoms with Gasteiger partial charge in [-0.05, 0) is 63.0 Å². The average molecular weight is 326 g/mol. The van der Waals surface area contributed by atoms with Crippen molar-refractivity contribution in [3.8, 4) is 0 Å². The summed E-state index contributed by atoms with van der Waals surface area (Å²) in [5, 5.41) is 3.07. The molecule has 0 unspecified atom stereocenters. The Morgan fingerprint density at radius 2 is 1.92 bits per heavy atom. The van der Waals surface area contributed by atoms with E-state index < -0.39 is 0 Å². The first-order chi connectivity index (χ1) is 11.6. The summed E-state index contributed by atoms with van der Waals surface area (Å²) in [6.07, 6.45) is 2.39. The topological polar surface area (TPSA) is 45.5 Å². The number of furan rings is 1. The lowest BCUT2D eigenvalue weighted by atomic mass is 9.97. The molecule has 0 bridgehead atoms. The molecular formula is C20H26N2O2. The highest BCUT2D eigenvalue weighted by molar-refractivity contribution is 5.94. The van der Waals surface area contributed by atoms with Gasteiger partial charge in [0.15, 0.2) is 0 Å². The van der Waals surface area contributed by atoms with Crippen LogP contribution in [0.3, 0.4) is 0 Å². The third-order valence-electron chi connectivity index (χ3n) is 4.84. The summed E-state index contributed by atoms with van der Waals surface area (Å²) in [5.41, 5.74) is 0.694. The SMILES string of the molecule is Cc1ccc([C@H](CNC(=O)c2ccccc2)N2CCC(C)CC2)o1. The molecule has 0 saturated carbocycles. The zero-order valence-electron chi connectivity index (χ0n) is 14.5. The van der Waals surface area contributed by atoms with E-state index in [1.54, 1.807) is 0 Å². The third kappa shape index (κ3) is 4.06. The maximum atomic E-state index is 12.4. The Hall–Kier alpha value is -2.07. The van der Waals surface area contributed by atoms with Crippen LogP contribution in [0.15, 0.2) is 46.9 Å². The number of hydrogen-bond donors (Lipinski definition) is 1. The second-order valence-corrected chi connectivity index (χ2v) is 6.76. The minimum atomic E-state index is -0.0331. The summed E-state index contributed by atoms with van der Waals surface area (Å²) in [4.78, 5) is 14.8. The number of likely N-dealkylation sites (tertiary alicyclic amines) is 1. The normalized spacial score (nSPS) is 17.6.